The number of benzene rings is 3. The Morgan fingerprint density at radius 3 is 2.62 bits per heavy atom. The first-order chi connectivity index (χ1) is 15.6. The van der Waals surface area contributed by atoms with Gasteiger partial charge in [-0.1, -0.05) is 48.0 Å². The summed E-state index contributed by atoms with van der Waals surface area (Å²) in [7, 11) is 1.50. The maximum atomic E-state index is 12.6. The molecule has 5 nitrogen and oxygen atoms in total. The highest BCUT2D eigenvalue weighted by Crippen LogP contribution is 2.30. The molecule has 0 saturated carbocycles. The number of aromatic amines is 1. The van der Waals surface area contributed by atoms with Gasteiger partial charge in [0.15, 0.2) is 11.5 Å². The van der Waals surface area contributed by atoms with E-state index in [2.05, 4.69) is 11.1 Å². The molecular weight excluding hydrogens is 424 g/mol. The fraction of sp³-hybridized carbons (Fsp3) is 0.0769. The summed E-state index contributed by atoms with van der Waals surface area (Å²) in [6.45, 7) is 0. The fourth-order valence-electron chi connectivity index (χ4n) is 3.43. The number of carbonyl (C=O) groups excluding carboxylic acids is 1. The van der Waals surface area contributed by atoms with Crippen molar-refractivity contribution in [1.29, 1.82) is 5.26 Å². The lowest BCUT2D eigenvalue weighted by Crippen LogP contribution is -2.11. The number of hydrogen-bond donors (Lipinski definition) is 1. The zero-order valence-electron chi connectivity index (χ0n) is 17.3. The third kappa shape index (κ3) is 4.66. The number of methoxy groups -OCH3 is 1. The van der Waals surface area contributed by atoms with Gasteiger partial charge in [-0.25, -0.2) is 0 Å². The third-order valence-corrected chi connectivity index (χ3v) is 5.26. The van der Waals surface area contributed by atoms with Crippen molar-refractivity contribution in [2.24, 2.45) is 0 Å². The molecule has 0 bridgehead atoms. The molecule has 1 heterocycles. The molecule has 0 radical (unpaired) electrons. The highest BCUT2D eigenvalue weighted by molar-refractivity contribution is 6.30. The van der Waals surface area contributed by atoms with Crippen molar-refractivity contribution < 1.29 is 14.3 Å². The van der Waals surface area contributed by atoms with Crippen LogP contribution in [0.3, 0.4) is 0 Å². The van der Waals surface area contributed by atoms with Crippen molar-refractivity contribution in [3.8, 4) is 17.6 Å². The average Bonchev–Trinajstić information content (AvgIpc) is 3.21. The molecule has 3 aromatic carbocycles. The van der Waals surface area contributed by atoms with Crippen molar-refractivity contribution in [2.45, 2.75) is 6.42 Å². The molecule has 4 aromatic rings. The first kappa shape index (κ1) is 21.2. The Bertz CT molecular complexity index is 1350. The molecule has 0 aliphatic rings. The first-order valence-corrected chi connectivity index (χ1v) is 10.3. The van der Waals surface area contributed by atoms with E-state index in [-0.39, 0.29) is 6.42 Å². The molecule has 158 valence electrons. The molecule has 0 fully saturated rings. The number of nitrogens with one attached hydrogen (secondary N) is 1. The zero-order chi connectivity index (χ0) is 22.5. The molecule has 1 N–H and O–H groups in total. The van der Waals surface area contributed by atoms with Crippen molar-refractivity contribution in [2.75, 3.05) is 7.11 Å². The highest BCUT2D eigenvalue weighted by atomic mass is 35.5. The van der Waals surface area contributed by atoms with Crippen LogP contribution in [-0.4, -0.2) is 18.1 Å². The first-order valence-electron chi connectivity index (χ1n) is 9.89. The average molecular weight is 443 g/mol. The van der Waals surface area contributed by atoms with Gasteiger partial charge in [0.25, 0.3) is 0 Å². The molecule has 4 rings (SSSR count). The molecule has 32 heavy (non-hydrogen) atoms. The molecule has 6 heteroatoms. The molecule has 0 amide bonds. The van der Waals surface area contributed by atoms with E-state index in [0.717, 1.165) is 27.6 Å². The summed E-state index contributed by atoms with van der Waals surface area (Å²) in [4.78, 5) is 15.7. The number of para-hydroxylation sites is 1. The Morgan fingerprint density at radius 1 is 1.09 bits per heavy atom. The second-order valence-electron chi connectivity index (χ2n) is 7.10. The van der Waals surface area contributed by atoms with Crippen LogP contribution < -0.4 is 9.47 Å². The number of allylic oxidation sites excluding steroid dienone is 1. The summed E-state index contributed by atoms with van der Waals surface area (Å²) in [5.74, 6) is 0.328. The van der Waals surface area contributed by atoms with Gasteiger partial charge < -0.3 is 14.5 Å². The van der Waals surface area contributed by atoms with E-state index in [1.54, 1.807) is 48.5 Å². The number of carbonyl (C=O) groups is 1. The molecule has 0 aliphatic heterocycles. The van der Waals surface area contributed by atoms with Gasteiger partial charge in [-0.15, -0.1) is 0 Å². The van der Waals surface area contributed by atoms with E-state index in [9.17, 15) is 10.1 Å². The Morgan fingerprint density at radius 2 is 1.88 bits per heavy atom. The predicted molar refractivity (Wildman–Crippen MR) is 126 cm³/mol. The van der Waals surface area contributed by atoms with Crippen molar-refractivity contribution >= 4 is 40.1 Å². The Kier molecular flexibility index (Phi) is 6.25. The van der Waals surface area contributed by atoms with Crippen LogP contribution in [0.4, 0.5) is 0 Å². The second-order valence-corrected chi connectivity index (χ2v) is 7.53. The van der Waals surface area contributed by atoms with Gasteiger partial charge >= 0.3 is 5.97 Å². The van der Waals surface area contributed by atoms with Gasteiger partial charge in [-0.2, -0.15) is 5.26 Å². The minimum Gasteiger partial charge on any atom is -0.493 e. The monoisotopic (exact) mass is 442 g/mol. The van der Waals surface area contributed by atoms with E-state index in [0.29, 0.717) is 22.1 Å². The van der Waals surface area contributed by atoms with E-state index in [4.69, 9.17) is 21.1 Å². The molecule has 0 aliphatic carbocycles. The number of nitriles is 1. The van der Waals surface area contributed by atoms with E-state index >= 15 is 0 Å². The lowest BCUT2D eigenvalue weighted by Gasteiger charge is -2.10. The van der Waals surface area contributed by atoms with Crippen molar-refractivity contribution in [3.63, 3.8) is 0 Å². The third-order valence-electron chi connectivity index (χ3n) is 5.01. The van der Waals surface area contributed by atoms with Gasteiger partial charge in [-0.05, 0) is 53.1 Å². The normalized spacial score (nSPS) is 11.2. The Balaban J connectivity index is 1.53. The lowest BCUT2D eigenvalue weighted by atomic mass is 10.0. The highest BCUT2D eigenvalue weighted by Gasteiger charge is 2.14. The number of hydrogen-bond acceptors (Lipinski definition) is 4. The van der Waals surface area contributed by atoms with Crippen molar-refractivity contribution in [1.82, 2.24) is 4.98 Å². The number of nitrogens with zero attached hydrogens (tertiary/aromatic N) is 1. The topological polar surface area (TPSA) is 75.1 Å². The Hall–Kier alpha value is -4.01. The van der Waals surface area contributed by atoms with Crippen LogP contribution in [-0.2, 0) is 11.2 Å². The molecule has 0 unspecified atom stereocenters. The SMILES string of the molecule is COc1cc(/C=C(/C#N)c2ccc(Cl)cc2)ccc1OC(=O)Cc1c[nH]c2ccccc12. The molecule has 0 saturated heterocycles. The van der Waals surface area contributed by atoms with Gasteiger partial charge in [-0.3, -0.25) is 4.79 Å². The molecule has 0 spiro atoms. The van der Waals surface area contributed by atoms with Crippen LogP contribution in [0.5, 0.6) is 11.5 Å². The number of halogens is 1. The fourth-order valence-corrected chi connectivity index (χ4v) is 3.55. The number of aromatic nitrogens is 1. The minimum absolute atomic E-state index is 0.129. The summed E-state index contributed by atoms with van der Waals surface area (Å²) < 4.78 is 11.0. The van der Waals surface area contributed by atoms with Crippen LogP contribution in [0.25, 0.3) is 22.6 Å². The van der Waals surface area contributed by atoms with Gasteiger partial charge in [0.1, 0.15) is 0 Å². The van der Waals surface area contributed by atoms with Crippen LogP contribution in [0.1, 0.15) is 16.7 Å². The molecular formula is C26H19ClN2O3. The molecule has 1 aromatic heterocycles. The number of H-pyrrole nitrogens is 1. The largest absolute Gasteiger partial charge is 0.493 e. The van der Waals surface area contributed by atoms with E-state index in [1.165, 1.54) is 7.11 Å². The van der Waals surface area contributed by atoms with Gasteiger partial charge in [0.05, 0.1) is 25.2 Å². The number of rotatable bonds is 6. The standard InChI is InChI=1S/C26H19ClN2O3/c1-31-25-13-17(12-19(15-28)18-7-9-21(27)10-8-18)6-11-24(25)32-26(30)14-20-16-29-23-5-3-2-4-22(20)23/h2-13,16,29H,14H2,1H3/b19-12-. The predicted octanol–water partition coefficient (Wildman–Crippen LogP) is 6.04. The Labute approximate surface area is 190 Å². The summed E-state index contributed by atoms with van der Waals surface area (Å²) in [5.41, 5.74) is 3.81. The number of esters is 1. The summed E-state index contributed by atoms with van der Waals surface area (Å²) >= 11 is 5.93. The van der Waals surface area contributed by atoms with Crippen molar-refractivity contribution in [3.05, 3.63) is 94.6 Å². The van der Waals surface area contributed by atoms with Crippen LogP contribution in [0, 0.1) is 11.3 Å². The summed E-state index contributed by atoms with van der Waals surface area (Å²) in [6, 6.07) is 22.2. The maximum absolute atomic E-state index is 12.6. The number of fused-ring (bicyclic) bond motifs is 1. The summed E-state index contributed by atoms with van der Waals surface area (Å²) in [5, 5.41) is 11.1. The van der Waals surface area contributed by atoms with E-state index in [1.807, 2.05) is 30.5 Å². The van der Waals surface area contributed by atoms with Gasteiger partial charge in [0.2, 0.25) is 0 Å². The maximum Gasteiger partial charge on any atom is 0.315 e. The van der Waals surface area contributed by atoms with Crippen LogP contribution in [0.15, 0.2) is 72.9 Å². The smallest absolute Gasteiger partial charge is 0.315 e. The molecule has 0 atom stereocenters. The summed E-state index contributed by atoms with van der Waals surface area (Å²) in [6.07, 6.45) is 3.69. The zero-order valence-corrected chi connectivity index (χ0v) is 18.0. The van der Waals surface area contributed by atoms with Crippen LogP contribution in [0.2, 0.25) is 5.02 Å². The van der Waals surface area contributed by atoms with E-state index < -0.39 is 5.97 Å². The number of ether oxygens (including phenoxy) is 2. The second kappa shape index (κ2) is 9.42. The van der Waals surface area contributed by atoms with Crippen LogP contribution >= 0.6 is 11.6 Å². The van der Waals surface area contributed by atoms with Gasteiger partial charge in [0, 0.05) is 22.1 Å². The quantitative estimate of drug-likeness (QED) is 0.171. The lowest BCUT2D eigenvalue weighted by molar-refractivity contribution is -0.133. The minimum atomic E-state index is -0.393.